The van der Waals surface area contributed by atoms with E-state index in [1.54, 1.807) is 6.07 Å². The van der Waals surface area contributed by atoms with Gasteiger partial charge in [0.25, 0.3) is 5.91 Å². The summed E-state index contributed by atoms with van der Waals surface area (Å²) in [5.41, 5.74) is 3.02. The zero-order valence-electron chi connectivity index (χ0n) is 14.0. The summed E-state index contributed by atoms with van der Waals surface area (Å²) in [6.07, 6.45) is 0.785. The van der Waals surface area contributed by atoms with Crippen molar-refractivity contribution in [3.8, 4) is 0 Å². The Morgan fingerprint density at radius 1 is 1.29 bits per heavy atom. The lowest BCUT2D eigenvalue weighted by molar-refractivity contribution is 0.0600. The second-order valence-corrected chi connectivity index (χ2v) is 7.06. The first-order valence-corrected chi connectivity index (χ1v) is 8.61. The van der Waals surface area contributed by atoms with E-state index in [-0.39, 0.29) is 5.91 Å². The number of aryl methyl sites for hydroxylation is 1. The summed E-state index contributed by atoms with van der Waals surface area (Å²) in [4.78, 5) is 28.2. The summed E-state index contributed by atoms with van der Waals surface area (Å²) in [5.74, 6) is -0.595. The van der Waals surface area contributed by atoms with Gasteiger partial charge >= 0.3 is 5.97 Å². The van der Waals surface area contributed by atoms with Crippen molar-refractivity contribution >= 4 is 28.2 Å². The number of hydrogen-bond acceptors (Lipinski definition) is 5. The summed E-state index contributed by atoms with van der Waals surface area (Å²) < 4.78 is 4.94. The molecule has 2 aromatic rings. The first-order valence-electron chi connectivity index (χ1n) is 7.79. The van der Waals surface area contributed by atoms with Gasteiger partial charge in [0.2, 0.25) is 0 Å². The lowest BCUT2D eigenvalue weighted by Gasteiger charge is -2.22. The van der Waals surface area contributed by atoms with Gasteiger partial charge in [0.05, 0.1) is 12.7 Å². The number of esters is 1. The van der Waals surface area contributed by atoms with Gasteiger partial charge in [0.1, 0.15) is 5.00 Å². The number of anilines is 1. The van der Waals surface area contributed by atoms with Gasteiger partial charge in [-0.3, -0.25) is 4.79 Å². The molecular formula is C18H20N2O3S. The molecule has 5 nitrogen and oxygen atoms in total. The number of fused-ring (bicyclic) bond motifs is 1. The molecule has 0 radical (unpaired) electrons. The molecule has 1 N–H and O–H groups in total. The SMILES string of the molecule is COC(=O)c1c(NC(=O)c2ccccc2C)sc2c1CCN(C)C2. The maximum atomic E-state index is 12.6. The third-order valence-electron chi connectivity index (χ3n) is 4.25. The molecule has 0 saturated carbocycles. The van der Waals surface area contributed by atoms with Crippen LogP contribution in [0.15, 0.2) is 24.3 Å². The second kappa shape index (κ2) is 6.75. The summed E-state index contributed by atoms with van der Waals surface area (Å²) >= 11 is 1.46. The minimum absolute atomic E-state index is 0.204. The first-order chi connectivity index (χ1) is 11.5. The standard InChI is InChI=1S/C18H20N2O3S/c1-11-6-4-5-7-12(11)16(21)19-17-15(18(22)23-3)13-8-9-20(2)10-14(13)24-17/h4-7H,8-10H2,1-3H3,(H,19,21). The number of carbonyl (C=O) groups excluding carboxylic acids is 2. The predicted molar refractivity (Wildman–Crippen MR) is 94.8 cm³/mol. The van der Waals surface area contributed by atoms with E-state index in [2.05, 4.69) is 10.2 Å². The van der Waals surface area contributed by atoms with Crippen molar-refractivity contribution in [2.24, 2.45) is 0 Å². The Hall–Kier alpha value is -2.18. The van der Waals surface area contributed by atoms with Crippen LogP contribution in [0, 0.1) is 6.92 Å². The fraction of sp³-hybridized carbons (Fsp3) is 0.333. The number of benzene rings is 1. The van der Waals surface area contributed by atoms with Crippen molar-refractivity contribution in [2.75, 3.05) is 26.0 Å². The Balaban J connectivity index is 1.97. The van der Waals surface area contributed by atoms with Gasteiger partial charge < -0.3 is 15.0 Å². The summed E-state index contributed by atoms with van der Waals surface area (Å²) in [6, 6.07) is 7.40. The third-order valence-corrected chi connectivity index (χ3v) is 5.39. The van der Waals surface area contributed by atoms with E-state index in [0.29, 0.717) is 16.1 Å². The fourth-order valence-corrected chi connectivity index (χ4v) is 4.25. The third kappa shape index (κ3) is 3.07. The largest absolute Gasteiger partial charge is 0.465 e. The monoisotopic (exact) mass is 344 g/mol. The molecule has 0 unspecified atom stereocenters. The lowest BCUT2D eigenvalue weighted by atomic mass is 10.0. The van der Waals surface area contributed by atoms with E-state index in [4.69, 9.17) is 4.74 Å². The van der Waals surface area contributed by atoms with E-state index in [9.17, 15) is 9.59 Å². The van der Waals surface area contributed by atoms with Gasteiger partial charge in [-0.15, -0.1) is 11.3 Å². The van der Waals surface area contributed by atoms with E-state index in [0.717, 1.165) is 35.5 Å². The van der Waals surface area contributed by atoms with Gasteiger partial charge in [-0.1, -0.05) is 18.2 Å². The Labute approximate surface area is 145 Å². The van der Waals surface area contributed by atoms with Crippen LogP contribution in [0.4, 0.5) is 5.00 Å². The number of methoxy groups -OCH3 is 1. The molecule has 0 saturated heterocycles. The van der Waals surface area contributed by atoms with E-state index >= 15 is 0 Å². The van der Waals surface area contributed by atoms with Gasteiger partial charge in [-0.2, -0.15) is 0 Å². The molecule has 1 aliphatic rings. The Morgan fingerprint density at radius 3 is 2.75 bits per heavy atom. The van der Waals surface area contributed by atoms with E-state index in [1.807, 2.05) is 32.2 Å². The average molecular weight is 344 g/mol. The maximum Gasteiger partial charge on any atom is 0.341 e. The van der Waals surface area contributed by atoms with Crippen LogP contribution in [0.5, 0.6) is 0 Å². The van der Waals surface area contributed by atoms with Crippen LogP contribution in [0.3, 0.4) is 0 Å². The van der Waals surface area contributed by atoms with Gasteiger partial charge in [0.15, 0.2) is 0 Å². The summed E-state index contributed by atoms with van der Waals surface area (Å²) in [6.45, 7) is 3.56. The molecule has 6 heteroatoms. The van der Waals surface area contributed by atoms with Gasteiger partial charge in [-0.05, 0) is 37.6 Å². The number of hydrogen-bond donors (Lipinski definition) is 1. The van der Waals surface area contributed by atoms with Crippen molar-refractivity contribution in [1.82, 2.24) is 4.90 Å². The molecule has 0 spiro atoms. The zero-order chi connectivity index (χ0) is 17.3. The molecule has 0 fully saturated rings. The van der Waals surface area contributed by atoms with Crippen molar-refractivity contribution in [3.05, 3.63) is 51.4 Å². The molecule has 126 valence electrons. The molecule has 24 heavy (non-hydrogen) atoms. The minimum atomic E-state index is -0.392. The number of amides is 1. The highest BCUT2D eigenvalue weighted by atomic mass is 32.1. The molecule has 0 atom stereocenters. The quantitative estimate of drug-likeness (QED) is 0.870. The van der Waals surface area contributed by atoms with Gasteiger partial charge in [0, 0.05) is 23.5 Å². The number of nitrogens with one attached hydrogen (secondary N) is 1. The van der Waals surface area contributed by atoms with Crippen LogP contribution in [0.1, 0.15) is 36.7 Å². The Morgan fingerprint density at radius 2 is 2.04 bits per heavy atom. The minimum Gasteiger partial charge on any atom is -0.465 e. The molecule has 3 rings (SSSR count). The van der Waals surface area contributed by atoms with Crippen molar-refractivity contribution in [2.45, 2.75) is 19.9 Å². The van der Waals surface area contributed by atoms with Gasteiger partial charge in [-0.25, -0.2) is 4.79 Å². The zero-order valence-corrected chi connectivity index (χ0v) is 14.8. The molecule has 0 aliphatic carbocycles. The van der Waals surface area contributed by atoms with Crippen LogP contribution < -0.4 is 5.32 Å². The van der Waals surface area contributed by atoms with E-state index in [1.165, 1.54) is 18.4 Å². The van der Waals surface area contributed by atoms with Crippen LogP contribution >= 0.6 is 11.3 Å². The van der Waals surface area contributed by atoms with Crippen molar-refractivity contribution < 1.29 is 14.3 Å². The fourth-order valence-electron chi connectivity index (χ4n) is 2.94. The smallest absolute Gasteiger partial charge is 0.341 e. The molecule has 2 heterocycles. The molecule has 1 amide bonds. The summed E-state index contributed by atoms with van der Waals surface area (Å²) in [7, 11) is 3.42. The van der Waals surface area contributed by atoms with Crippen LogP contribution in [-0.4, -0.2) is 37.5 Å². The van der Waals surface area contributed by atoms with Crippen LogP contribution in [0.25, 0.3) is 0 Å². The predicted octanol–water partition coefficient (Wildman–Crippen LogP) is 3.08. The number of carbonyl (C=O) groups is 2. The molecule has 1 aliphatic heterocycles. The number of likely N-dealkylation sites (N-methyl/N-ethyl adjacent to an activating group) is 1. The van der Waals surface area contributed by atoms with Crippen LogP contribution in [-0.2, 0) is 17.7 Å². The Bertz CT molecular complexity index is 798. The molecule has 1 aromatic carbocycles. The maximum absolute atomic E-state index is 12.6. The highest BCUT2D eigenvalue weighted by Gasteiger charge is 2.28. The number of thiophene rings is 1. The first kappa shape index (κ1) is 16.7. The summed E-state index contributed by atoms with van der Waals surface area (Å²) in [5, 5.41) is 3.49. The number of ether oxygens (including phenoxy) is 1. The number of rotatable bonds is 3. The average Bonchev–Trinajstić information content (AvgIpc) is 2.91. The Kier molecular flexibility index (Phi) is 4.69. The normalized spacial score (nSPS) is 14.1. The molecular weight excluding hydrogens is 324 g/mol. The van der Waals surface area contributed by atoms with E-state index < -0.39 is 5.97 Å². The highest BCUT2D eigenvalue weighted by Crippen LogP contribution is 2.37. The number of nitrogens with zero attached hydrogens (tertiary/aromatic N) is 1. The molecule has 0 bridgehead atoms. The molecule has 1 aromatic heterocycles. The van der Waals surface area contributed by atoms with Crippen LogP contribution in [0.2, 0.25) is 0 Å². The van der Waals surface area contributed by atoms with Crippen molar-refractivity contribution in [1.29, 1.82) is 0 Å². The lowest BCUT2D eigenvalue weighted by Crippen LogP contribution is -2.26. The highest BCUT2D eigenvalue weighted by molar-refractivity contribution is 7.17. The van der Waals surface area contributed by atoms with Crippen molar-refractivity contribution in [3.63, 3.8) is 0 Å². The second-order valence-electron chi connectivity index (χ2n) is 5.96. The topological polar surface area (TPSA) is 58.6 Å².